The zero-order chi connectivity index (χ0) is 16.4. The SMILES string of the molecule is CCc1ccc(Oc2cc(C)nc(-n3nc(C)cc3C)n2)cc1. The third-order valence-corrected chi connectivity index (χ3v) is 3.57. The summed E-state index contributed by atoms with van der Waals surface area (Å²) < 4.78 is 7.61. The molecule has 0 fully saturated rings. The molecule has 0 saturated carbocycles. The van der Waals surface area contributed by atoms with Crippen molar-refractivity contribution in [3.63, 3.8) is 0 Å². The van der Waals surface area contributed by atoms with Crippen molar-refractivity contribution >= 4 is 0 Å². The highest BCUT2D eigenvalue weighted by Gasteiger charge is 2.10. The van der Waals surface area contributed by atoms with Gasteiger partial charge in [0.25, 0.3) is 5.95 Å². The van der Waals surface area contributed by atoms with Gasteiger partial charge in [-0.3, -0.25) is 0 Å². The molecular formula is C18H20N4O. The summed E-state index contributed by atoms with van der Waals surface area (Å²) in [4.78, 5) is 8.94. The number of benzene rings is 1. The van der Waals surface area contributed by atoms with E-state index in [-0.39, 0.29) is 0 Å². The van der Waals surface area contributed by atoms with Crippen molar-refractivity contribution in [3.8, 4) is 17.6 Å². The first-order valence-corrected chi connectivity index (χ1v) is 7.71. The Morgan fingerprint density at radius 1 is 0.957 bits per heavy atom. The number of nitrogens with zero attached hydrogens (tertiary/aromatic N) is 4. The van der Waals surface area contributed by atoms with Gasteiger partial charge in [-0.2, -0.15) is 10.1 Å². The molecule has 0 N–H and O–H groups in total. The molecule has 5 nitrogen and oxygen atoms in total. The number of aromatic nitrogens is 4. The van der Waals surface area contributed by atoms with Crippen LogP contribution in [0.1, 0.15) is 29.6 Å². The van der Waals surface area contributed by atoms with Crippen molar-refractivity contribution in [1.29, 1.82) is 0 Å². The van der Waals surface area contributed by atoms with E-state index in [1.807, 2.05) is 45.0 Å². The molecule has 0 bridgehead atoms. The van der Waals surface area contributed by atoms with E-state index in [1.165, 1.54) is 5.56 Å². The van der Waals surface area contributed by atoms with Crippen molar-refractivity contribution in [1.82, 2.24) is 19.7 Å². The molecule has 2 aromatic heterocycles. The summed E-state index contributed by atoms with van der Waals surface area (Å²) in [7, 11) is 0. The average molecular weight is 308 g/mol. The quantitative estimate of drug-likeness (QED) is 0.732. The molecule has 3 rings (SSSR count). The molecule has 0 spiro atoms. The zero-order valence-electron chi connectivity index (χ0n) is 13.9. The largest absolute Gasteiger partial charge is 0.439 e. The van der Waals surface area contributed by atoms with E-state index >= 15 is 0 Å². The summed E-state index contributed by atoms with van der Waals surface area (Å²) in [6.45, 7) is 7.98. The van der Waals surface area contributed by atoms with Crippen LogP contribution in [0.2, 0.25) is 0 Å². The predicted molar refractivity (Wildman–Crippen MR) is 89.3 cm³/mol. The molecule has 0 atom stereocenters. The second-order valence-electron chi connectivity index (χ2n) is 5.59. The van der Waals surface area contributed by atoms with Crippen LogP contribution in [0.25, 0.3) is 5.95 Å². The van der Waals surface area contributed by atoms with Gasteiger partial charge in [0, 0.05) is 17.5 Å². The van der Waals surface area contributed by atoms with E-state index in [1.54, 1.807) is 4.68 Å². The maximum atomic E-state index is 5.88. The van der Waals surface area contributed by atoms with Gasteiger partial charge < -0.3 is 4.74 Å². The van der Waals surface area contributed by atoms with Gasteiger partial charge in [-0.05, 0) is 51.0 Å². The third kappa shape index (κ3) is 3.39. The lowest BCUT2D eigenvalue weighted by molar-refractivity contribution is 0.458. The maximum absolute atomic E-state index is 5.88. The molecule has 2 heterocycles. The van der Waals surface area contributed by atoms with Crippen LogP contribution in [-0.2, 0) is 6.42 Å². The van der Waals surface area contributed by atoms with Crippen LogP contribution < -0.4 is 4.74 Å². The number of hydrogen-bond donors (Lipinski definition) is 0. The van der Waals surface area contributed by atoms with Gasteiger partial charge in [-0.25, -0.2) is 9.67 Å². The van der Waals surface area contributed by atoms with Gasteiger partial charge in [0.2, 0.25) is 5.88 Å². The highest BCUT2D eigenvalue weighted by atomic mass is 16.5. The van der Waals surface area contributed by atoms with E-state index in [0.717, 1.165) is 29.3 Å². The summed E-state index contributed by atoms with van der Waals surface area (Å²) in [6, 6.07) is 11.9. The Labute approximate surface area is 136 Å². The summed E-state index contributed by atoms with van der Waals surface area (Å²) in [6.07, 6.45) is 1.01. The van der Waals surface area contributed by atoms with Crippen LogP contribution in [0.5, 0.6) is 11.6 Å². The standard InChI is InChI=1S/C18H20N4O/c1-5-15-6-8-16(9-7-15)23-17-11-12(2)19-18(20-17)22-14(4)10-13(3)21-22/h6-11H,5H2,1-4H3. The smallest absolute Gasteiger partial charge is 0.254 e. The molecule has 0 aliphatic rings. The lowest BCUT2D eigenvalue weighted by Gasteiger charge is -2.09. The second kappa shape index (κ2) is 6.20. The molecule has 23 heavy (non-hydrogen) atoms. The highest BCUT2D eigenvalue weighted by Crippen LogP contribution is 2.22. The monoisotopic (exact) mass is 308 g/mol. The Kier molecular flexibility index (Phi) is 4.10. The van der Waals surface area contributed by atoms with Gasteiger partial charge in [0.1, 0.15) is 5.75 Å². The molecule has 0 unspecified atom stereocenters. The van der Waals surface area contributed by atoms with E-state index in [9.17, 15) is 0 Å². The predicted octanol–water partition coefficient (Wildman–Crippen LogP) is 3.94. The Bertz CT molecular complexity index is 822. The van der Waals surface area contributed by atoms with E-state index in [0.29, 0.717) is 11.8 Å². The minimum Gasteiger partial charge on any atom is -0.439 e. The van der Waals surface area contributed by atoms with Crippen LogP contribution >= 0.6 is 0 Å². The first-order valence-electron chi connectivity index (χ1n) is 7.71. The van der Waals surface area contributed by atoms with Gasteiger partial charge in [0.15, 0.2) is 0 Å². The van der Waals surface area contributed by atoms with E-state index in [4.69, 9.17) is 4.74 Å². The van der Waals surface area contributed by atoms with Crippen molar-refractivity contribution in [2.24, 2.45) is 0 Å². The summed E-state index contributed by atoms with van der Waals surface area (Å²) in [5.41, 5.74) is 4.04. The minimum absolute atomic E-state index is 0.518. The van der Waals surface area contributed by atoms with Crippen molar-refractivity contribution in [3.05, 3.63) is 59.0 Å². The number of rotatable bonds is 4. The topological polar surface area (TPSA) is 52.8 Å². The third-order valence-electron chi connectivity index (χ3n) is 3.57. The molecule has 3 aromatic rings. The van der Waals surface area contributed by atoms with Crippen LogP contribution in [-0.4, -0.2) is 19.7 Å². The normalized spacial score (nSPS) is 10.8. The lowest BCUT2D eigenvalue weighted by atomic mass is 10.2. The fourth-order valence-electron chi connectivity index (χ4n) is 2.42. The fourth-order valence-corrected chi connectivity index (χ4v) is 2.42. The number of hydrogen-bond acceptors (Lipinski definition) is 4. The lowest BCUT2D eigenvalue weighted by Crippen LogP contribution is -2.06. The van der Waals surface area contributed by atoms with Crippen molar-refractivity contribution in [2.75, 3.05) is 0 Å². The van der Waals surface area contributed by atoms with E-state index in [2.05, 4.69) is 34.1 Å². The minimum atomic E-state index is 0.518. The number of aryl methyl sites for hydroxylation is 4. The molecule has 118 valence electrons. The maximum Gasteiger partial charge on any atom is 0.254 e. The number of ether oxygens (including phenoxy) is 1. The molecule has 0 aliphatic carbocycles. The first-order chi connectivity index (χ1) is 11.0. The van der Waals surface area contributed by atoms with Crippen LogP contribution in [0, 0.1) is 20.8 Å². The van der Waals surface area contributed by atoms with Gasteiger partial charge >= 0.3 is 0 Å². The van der Waals surface area contributed by atoms with Crippen LogP contribution in [0.15, 0.2) is 36.4 Å². The average Bonchev–Trinajstić information content (AvgIpc) is 2.86. The van der Waals surface area contributed by atoms with Gasteiger partial charge in [-0.1, -0.05) is 19.1 Å². The van der Waals surface area contributed by atoms with Crippen LogP contribution in [0.4, 0.5) is 0 Å². The fraction of sp³-hybridized carbons (Fsp3) is 0.278. The molecule has 0 aliphatic heterocycles. The Hall–Kier alpha value is -2.69. The summed E-state index contributed by atoms with van der Waals surface area (Å²) >= 11 is 0. The zero-order valence-corrected chi connectivity index (χ0v) is 13.9. The summed E-state index contributed by atoms with van der Waals surface area (Å²) in [5, 5.41) is 4.43. The van der Waals surface area contributed by atoms with Crippen LogP contribution in [0.3, 0.4) is 0 Å². The molecule has 0 saturated heterocycles. The molecule has 1 aromatic carbocycles. The van der Waals surface area contributed by atoms with E-state index < -0.39 is 0 Å². The molecular weight excluding hydrogens is 288 g/mol. The first kappa shape index (κ1) is 15.2. The second-order valence-corrected chi connectivity index (χ2v) is 5.59. The van der Waals surface area contributed by atoms with Gasteiger partial charge in [0.05, 0.1) is 5.69 Å². The van der Waals surface area contributed by atoms with Crippen molar-refractivity contribution in [2.45, 2.75) is 34.1 Å². The Morgan fingerprint density at radius 3 is 2.30 bits per heavy atom. The van der Waals surface area contributed by atoms with Gasteiger partial charge in [-0.15, -0.1) is 0 Å². The molecule has 5 heteroatoms. The molecule has 0 amide bonds. The Morgan fingerprint density at radius 2 is 1.70 bits per heavy atom. The highest BCUT2D eigenvalue weighted by molar-refractivity contribution is 5.32. The van der Waals surface area contributed by atoms with Crippen molar-refractivity contribution < 1.29 is 4.74 Å². The summed E-state index contributed by atoms with van der Waals surface area (Å²) in [5.74, 6) is 1.81. The Balaban J connectivity index is 1.92. The molecule has 0 radical (unpaired) electrons.